The summed E-state index contributed by atoms with van der Waals surface area (Å²) in [4.78, 5) is 4.21. The molecule has 1 aliphatic heterocycles. The highest BCUT2D eigenvalue weighted by molar-refractivity contribution is 5.32. The predicted octanol–water partition coefficient (Wildman–Crippen LogP) is 1.13. The van der Waals surface area contributed by atoms with E-state index >= 15 is 0 Å². The highest BCUT2D eigenvalue weighted by Crippen LogP contribution is 2.34. The third-order valence-electron chi connectivity index (χ3n) is 3.40. The summed E-state index contributed by atoms with van der Waals surface area (Å²) in [7, 11) is 1.84. The molecule has 2 heterocycles. The standard InChI is InChI=1S/C13H16N4O/c1-17-13(15-8-16-17)11(14)12-10-5-3-2-4-9(10)6-7-18-12/h2-5,8,11-12H,6-7,14H2,1H3. The topological polar surface area (TPSA) is 66.0 Å². The smallest absolute Gasteiger partial charge is 0.146 e. The van der Waals surface area contributed by atoms with Crippen LogP contribution in [0.5, 0.6) is 0 Å². The Bertz CT molecular complexity index is 551. The summed E-state index contributed by atoms with van der Waals surface area (Å²) in [5, 5.41) is 4.06. The molecule has 94 valence electrons. The molecule has 0 bridgehead atoms. The number of hydrogen-bond acceptors (Lipinski definition) is 4. The summed E-state index contributed by atoms with van der Waals surface area (Å²) in [5.41, 5.74) is 8.76. The molecule has 0 saturated carbocycles. The van der Waals surface area contributed by atoms with Crippen molar-refractivity contribution >= 4 is 0 Å². The van der Waals surface area contributed by atoms with Gasteiger partial charge in [-0.15, -0.1) is 0 Å². The summed E-state index contributed by atoms with van der Waals surface area (Å²) in [6.07, 6.45) is 2.32. The van der Waals surface area contributed by atoms with Crippen molar-refractivity contribution in [2.45, 2.75) is 18.6 Å². The van der Waals surface area contributed by atoms with Crippen LogP contribution in [0.15, 0.2) is 30.6 Å². The molecule has 1 aliphatic rings. The first-order valence-corrected chi connectivity index (χ1v) is 6.06. The minimum Gasteiger partial charge on any atom is -0.371 e. The molecular weight excluding hydrogens is 228 g/mol. The van der Waals surface area contributed by atoms with E-state index in [0.717, 1.165) is 12.2 Å². The number of nitrogens with zero attached hydrogens (tertiary/aromatic N) is 3. The highest BCUT2D eigenvalue weighted by atomic mass is 16.5. The normalized spacial score (nSPS) is 20.4. The highest BCUT2D eigenvalue weighted by Gasteiger charge is 2.29. The Morgan fingerprint density at radius 1 is 1.44 bits per heavy atom. The summed E-state index contributed by atoms with van der Waals surface area (Å²) in [5.74, 6) is 0.747. The van der Waals surface area contributed by atoms with Crippen LogP contribution >= 0.6 is 0 Å². The Morgan fingerprint density at radius 3 is 3.06 bits per heavy atom. The van der Waals surface area contributed by atoms with E-state index in [1.807, 2.05) is 13.1 Å². The van der Waals surface area contributed by atoms with Crippen molar-refractivity contribution in [1.82, 2.24) is 14.8 Å². The van der Waals surface area contributed by atoms with Gasteiger partial charge in [0.1, 0.15) is 18.3 Å². The van der Waals surface area contributed by atoms with Gasteiger partial charge in [-0.2, -0.15) is 5.10 Å². The van der Waals surface area contributed by atoms with E-state index in [-0.39, 0.29) is 12.1 Å². The fraction of sp³-hybridized carbons (Fsp3) is 0.385. The first-order valence-electron chi connectivity index (χ1n) is 6.06. The zero-order valence-corrected chi connectivity index (χ0v) is 10.3. The number of benzene rings is 1. The van der Waals surface area contributed by atoms with Crippen molar-refractivity contribution in [1.29, 1.82) is 0 Å². The van der Waals surface area contributed by atoms with Gasteiger partial charge in [-0.3, -0.25) is 4.68 Å². The summed E-state index contributed by atoms with van der Waals surface area (Å²) in [6, 6.07) is 7.99. The number of rotatable bonds is 2. The van der Waals surface area contributed by atoms with Crippen LogP contribution in [-0.4, -0.2) is 21.4 Å². The van der Waals surface area contributed by atoms with Crippen molar-refractivity contribution < 1.29 is 4.74 Å². The molecular formula is C13H16N4O. The Morgan fingerprint density at radius 2 is 2.28 bits per heavy atom. The minimum absolute atomic E-state index is 0.141. The van der Waals surface area contributed by atoms with Crippen molar-refractivity contribution in [2.75, 3.05) is 6.61 Å². The van der Waals surface area contributed by atoms with Crippen LogP contribution in [-0.2, 0) is 18.2 Å². The van der Waals surface area contributed by atoms with Crippen LogP contribution in [0, 0.1) is 0 Å². The van der Waals surface area contributed by atoms with E-state index in [0.29, 0.717) is 6.61 Å². The first kappa shape index (κ1) is 11.4. The van der Waals surface area contributed by atoms with Crippen molar-refractivity contribution in [3.63, 3.8) is 0 Å². The third-order valence-corrected chi connectivity index (χ3v) is 3.40. The maximum atomic E-state index is 6.28. The Kier molecular flexibility index (Phi) is 2.85. The lowest BCUT2D eigenvalue weighted by Crippen LogP contribution is -2.29. The maximum Gasteiger partial charge on any atom is 0.146 e. The molecule has 0 radical (unpaired) electrons. The number of ether oxygens (including phenoxy) is 1. The van der Waals surface area contributed by atoms with Gasteiger partial charge in [-0.05, 0) is 17.5 Å². The van der Waals surface area contributed by atoms with Crippen LogP contribution < -0.4 is 5.73 Å². The Labute approximate surface area is 106 Å². The van der Waals surface area contributed by atoms with Crippen molar-refractivity contribution in [3.05, 3.63) is 47.5 Å². The molecule has 0 amide bonds. The lowest BCUT2D eigenvalue weighted by atomic mass is 9.93. The largest absolute Gasteiger partial charge is 0.371 e. The Balaban J connectivity index is 1.97. The molecule has 2 atom stereocenters. The molecule has 1 aromatic carbocycles. The van der Waals surface area contributed by atoms with Gasteiger partial charge in [0.05, 0.1) is 12.6 Å². The minimum atomic E-state index is -0.293. The number of aryl methyl sites for hydroxylation is 1. The molecule has 2 unspecified atom stereocenters. The fourth-order valence-corrected chi connectivity index (χ4v) is 2.46. The van der Waals surface area contributed by atoms with Gasteiger partial charge in [-0.25, -0.2) is 4.98 Å². The summed E-state index contributed by atoms with van der Waals surface area (Å²) < 4.78 is 7.54. The zero-order valence-electron chi connectivity index (χ0n) is 10.3. The summed E-state index contributed by atoms with van der Waals surface area (Å²) >= 11 is 0. The lowest BCUT2D eigenvalue weighted by Gasteiger charge is -2.29. The molecule has 0 spiro atoms. The van der Waals surface area contributed by atoms with E-state index in [1.54, 1.807) is 4.68 Å². The van der Waals surface area contributed by atoms with Gasteiger partial charge in [0.25, 0.3) is 0 Å². The molecule has 5 nitrogen and oxygen atoms in total. The molecule has 5 heteroatoms. The fourth-order valence-electron chi connectivity index (χ4n) is 2.46. The molecule has 2 N–H and O–H groups in total. The van der Waals surface area contributed by atoms with Gasteiger partial charge in [0, 0.05) is 7.05 Å². The average molecular weight is 244 g/mol. The Hall–Kier alpha value is -1.72. The van der Waals surface area contributed by atoms with Gasteiger partial charge in [0.2, 0.25) is 0 Å². The van der Waals surface area contributed by atoms with E-state index in [2.05, 4.69) is 28.3 Å². The lowest BCUT2D eigenvalue weighted by molar-refractivity contribution is 0.0215. The molecule has 18 heavy (non-hydrogen) atoms. The number of hydrogen-bond donors (Lipinski definition) is 1. The average Bonchev–Trinajstić information content (AvgIpc) is 2.83. The number of nitrogens with two attached hydrogens (primary N) is 1. The molecule has 0 aliphatic carbocycles. The van der Waals surface area contributed by atoms with Gasteiger partial charge < -0.3 is 10.5 Å². The zero-order chi connectivity index (χ0) is 12.5. The SMILES string of the molecule is Cn1ncnc1C(N)C1OCCc2ccccc21. The number of fused-ring (bicyclic) bond motifs is 1. The molecule has 1 aromatic heterocycles. The van der Waals surface area contributed by atoms with Crippen molar-refractivity contribution in [3.8, 4) is 0 Å². The van der Waals surface area contributed by atoms with Crippen LogP contribution in [0.2, 0.25) is 0 Å². The predicted molar refractivity (Wildman–Crippen MR) is 66.8 cm³/mol. The van der Waals surface area contributed by atoms with Crippen LogP contribution in [0.4, 0.5) is 0 Å². The van der Waals surface area contributed by atoms with Gasteiger partial charge in [0.15, 0.2) is 0 Å². The monoisotopic (exact) mass is 244 g/mol. The van der Waals surface area contributed by atoms with E-state index in [9.17, 15) is 0 Å². The second kappa shape index (κ2) is 4.51. The van der Waals surface area contributed by atoms with E-state index in [4.69, 9.17) is 10.5 Å². The van der Waals surface area contributed by atoms with Gasteiger partial charge >= 0.3 is 0 Å². The molecule has 0 saturated heterocycles. The van der Waals surface area contributed by atoms with Gasteiger partial charge in [-0.1, -0.05) is 24.3 Å². The van der Waals surface area contributed by atoms with Crippen molar-refractivity contribution in [2.24, 2.45) is 12.8 Å². The van der Waals surface area contributed by atoms with Crippen LogP contribution in [0.3, 0.4) is 0 Å². The summed E-state index contributed by atoms with van der Waals surface area (Å²) in [6.45, 7) is 0.702. The second-order valence-electron chi connectivity index (χ2n) is 4.51. The number of aromatic nitrogens is 3. The van der Waals surface area contributed by atoms with Crippen LogP contribution in [0.25, 0.3) is 0 Å². The van der Waals surface area contributed by atoms with E-state index < -0.39 is 0 Å². The molecule has 3 rings (SSSR count). The van der Waals surface area contributed by atoms with E-state index in [1.165, 1.54) is 17.5 Å². The maximum absolute atomic E-state index is 6.28. The molecule has 0 fully saturated rings. The third kappa shape index (κ3) is 1.81. The first-order chi connectivity index (χ1) is 8.77. The molecule has 2 aromatic rings. The second-order valence-corrected chi connectivity index (χ2v) is 4.51. The quantitative estimate of drug-likeness (QED) is 0.860. The van der Waals surface area contributed by atoms with Crippen LogP contribution in [0.1, 0.15) is 29.1 Å².